The summed E-state index contributed by atoms with van der Waals surface area (Å²) in [5.41, 5.74) is -0.691. The SMILES string of the molecule is [CH2-]CN(CC(C)(C)O)c1nc(OCC2(C)CCCC2N(C)C)nc2c(F)c(-c3cc(O)cc4ccc(F)c(CC)c34)ncc12.[U]. The summed E-state index contributed by atoms with van der Waals surface area (Å²) in [6, 6.07) is 6.15. The number of aromatic hydroxyl groups is 1. The minimum absolute atomic E-state index is 0. The second-order valence-corrected chi connectivity index (χ2v) is 13.0. The molecule has 1 fully saturated rings. The Kier molecular flexibility index (Phi) is 10.7. The van der Waals surface area contributed by atoms with Gasteiger partial charge in [0, 0.05) is 60.9 Å². The first-order chi connectivity index (χ1) is 20.8. The fourth-order valence-corrected chi connectivity index (χ4v) is 6.77. The molecule has 0 spiro atoms. The molecule has 8 nitrogen and oxygen atoms in total. The summed E-state index contributed by atoms with van der Waals surface area (Å²) in [4.78, 5) is 17.7. The molecule has 2 heterocycles. The van der Waals surface area contributed by atoms with Crippen LogP contribution in [0, 0.1) is 55.1 Å². The van der Waals surface area contributed by atoms with Gasteiger partial charge in [0.05, 0.1) is 17.6 Å². The van der Waals surface area contributed by atoms with Crippen LogP contribution in [0.5, 0.6) is 11.8 Å². The second-order valence-electron chi connectivity index (χ2n) is 13.0. The van der Waals surface area contributed by atoms with Crippen LogP contribution >= 0.6 is 0 Å². The molecule has 0 radical (unpaired) electrons. The molecule has 2 atom stereocenters. The number of pyridine rings is 1. The predicted molar refractivity (Wildman–Crippen MR) is 170 cm³/mol. The maximum absolute atomic E-state index is 16.7. The van der Waals surface area contributed by atoms with E-state index in [0.29, 0.717) is 46.6 Å². The first kappa shape index (κ1) is 35.3. The van der Waals surface area contributed by atoms with Gasteiger partial charge in [-0.3, -0.25) is 4.98 Å². The van der Waals surface area contributed by atoms with Crippen LogP contribution < -0.4 is 9.64 Å². The maximum Gasteiger partial charge on any atom is 0.319 e. The molecule has 0 aliphatic heterocycles. The second kappa shape index (κ2) is 13.6. The maximum atomic E-state index is 16.7. The molecule has 1 saturated carbocycles. The van der Waals surface area contributed by atoms with E-state index in [2.05, 4.69) is 42.8 Å². The molecule has 1 aliphatic carbocycles. The van der Waals surface area contributed by atoms with E-state index in [9.17, 15) is 14.6 Å². The van der Waals surface area contributed by atoms with Crippen molar-refractivity contribution in [3.05, 3.63) is 54.6 Å². The van der Waals surface area contributed by atoms with Crippen LogP contribution in [-0.2, 0) is 6.42 Å². The van der Waals surface area contributed by atoms with Crippen LogP contribution in [-0.4, -0.2) is 75.5 Å². The van der Waals surface area contributed by atoms with Gasteiger partial charge in [-0.1, -0.05) is 26.3 Å². The molecule has 2 aromatic carbocycles. The Balaban J connectivity index is 0.00000461. The first-order valence-electron chi connectivity index (χ1n) is 15.1. The number of fused-ring (bicyclic) bond motifs is 2. The van der Waals surface area contributed by atoms with Crippen LogP contribution in [0.2, 0.25) is 0 Å². The molecule has 2 N–H and O–H groups in total. The molecule has 45 heavy (non-hydrogen) atoms. The molecule has 0 saturated heterocycles. The van der Waals surface area contributed by atoms with Gasteiger partial charge in [-0.05, 0) is 81.7 Å². The molecule has 2 unspecified atom stereocenters. The van der Waals surface area contributed by atoms with Gasteiger partial charge >= 0.3 is 6.01 Å². The number of aromatic nitrogens is 3. The summed E-state index contributed by atoms with van der Waals surface area (Å²) in [5.74, 6) is -0.923. The van der Waals surface area contributed by atoms with Crippen molar-refractivity contribution in [2.24, 2.45) is 5.41 Å². The Bertz CT molecular complexity index is 1700. The van der Waals surface area contributed by atoms with Gasteiger partial charge < -0.3 is 31.7 Å². The smallest absolute Gasteiger partial charge is 0.319 e. The van der Waals surface area contributed by atoms with Crippen molar-refractivity contribution >= 4 is 27.5 Å². The molecule has 0 amide bonds. The molecule has 4 aromatic rings. The first-order valence-corrected chi connectivity index (χ1v) is 15.1. The Morgan fingerprint density at radius 1 is 1.18 bits per heavy atom. The van der Waals surface area contributed by atoms with E-state index >= 15 is 4.39 Å². The Morgan fingerprint density at radius 2 is 1.91 bits per heavy atom. The number of phenolic OH excluding ortho intramolecular Hbond substituents is 1. The van der Waals surface area contributed by atoms with E-state index in [1.54, 1.807) is 24.8 Å². The third-order valence-corrected chi connectivity index (χ3v) is 8.74. The van der Waals surface area contributed by atoms with Gasteiger partial charge in [0.2, 0.25) is 0 Å². The zero-order valence-electron chi connectivity index (χ0n) is 26.9. The van der Waals surface area contributed by atoms with Gasteiger partial charge in [0.15, 0.2) is 5.82 Å². The molecule has 2 aromatic heterocycles. The minimum atomic E-state index is -1.10. The third-order valence-electron chi connectivity index (χ3n) is 8.74. The number of hydrogen-bond acceptors (Lipinski definition) is 8. The van der Waals surface area contributed by atoms with Gasteiger partial charge in [0.1, 0.15) is 28.6 Å². The van der Waals surface area contributed by atoms with E-state index < -0.39 is 17.2 Å². The molecule has 0 bridgehead atoms. The van der Waals surface area contributed by atoms with Crippen molar-refractivity contribution in [1.29, 1.82) is 0 Å². The Hall–Kier alpha value is -2.58. The van der Waals surface area contributed by atoms with Crippen molar-refractivity contribution in [2.45, 2.75) is 65.0 Å². The molecular weight excluding hydrogens is 802 g/mol. The van der Waals surface area contributed by atoms with Gasteiger partial charge in [-0.15, -0.1) is 6.54 Å². The topological polar surface area (TPSA) is 94.8 Å². The van der Waals surface area contributed by atoms with Crippen LogP contribution in [0.3, 0.4) is 0 Å². The van der Waals surface area contributed by atoms with Crippen molar-refractivity contribution in [1.82, 2.24) is 19.9 Å². The van der Waals surface area contributed by atoms with Crippen molar-refractivity contribution in [2.75, 3.05) is 38.7 Å². The van der Waals surface area contributed by atoms with Crippen LogP contribution in [0.25, 0.3) is 32.9 Å². The van der Waals surface area contributed by atoms with E-state index in [-0.39, 0.29) is 78.2 Å². The van der Waals surface area contributed by atoms with Crippen LogP contribution in [0.4, 0.5) is 14.6 Å². The van der Waals surface area contributed by atoms with Crippen molar-refractivity contribution in [3.63, 3.8) is 0 Å². The van der Waals surface area contributed by atoms with Crippen LogP contribution in [0.1, 0.15) is 52.5 Å². The average Bonchev–Trinajstić information content (AvgIpc) is 3.36. The normalized spacial score (nSPS) is 18.5. The quantitative estimate of drug-likeness (QED) is 0.180. The van der Waals surface area contributed by atoms with Crippen LogP contribution in [0.15, 0.2) is 30.5 Å². The number of benzene rings is 2. The number of aryl methyl sites for hydroxylation is 1. The number of ether oxygens (including phenoxy) is 1. The summed E-state index contributed by atoms with van der Waals surface area (Å²) in [6.07, 6.45) is 4.95. The van der Waals surface area contributed by atoms with Gasteiger partial charge in [-0.25, -0.2) is 8.78 Å². The summed E-state index contributed by atoms with van der Waals surface area (Å²) >= 11 is 0. The molecular formula is C34H42F2N5O3U-. The van der Waals surface area contributed by atoms with E-state index in [0.717, 1.165) is 19.3 Å². The standard InChI is InChI=1S/C34H42F2N5O3.U/c1-8-22-25(35)13-12-20-15-21(42)16-23(27(20)22)29-28(36)30-24(17-37-29)31(41(9-2)18-33(3,4)43)39-32(38-30)44-19-34(5)14-10-11-26(34)40(6)7;/h12-13,15-17,26,42-43H,2,8-11,14,18-19H2,1,3-7H3;/q-1;. The Labute approximate surface area is 287 Å². The van der Waals surface area contributed by atoms with Crippen molar-refractivity contribution in [3.8, 4) is 23.0 Å². The molecule has 11 heteroatoms. The third kappa shape index (κ3) is 7.07. The summed E-state index contributed by atoms with van der Waals surface area (Å²) in [5, 5.41) is 22.5. The number of halogens is 2. The number of anilines is 1. The summed E-state index contributed by atoms with van der Waals surface area (Å²) in [7, 11) is 4.12. The molecule has 1 aliphatic rings. The molecule has 5 rings (SSSR count). The van der Waals surface area contributed by atoms with E-state index in [4.69, 9.17) is 9.72 Å². The monoisotopic (exact) mass is 844 g/mol. The minimum Gasteiger partial charge on any atom is -0.508 e. The molecule has 240 valence electrons. The average molecular weight is 845 g/mol. The number of phenols is 1. The largest absolute Gasteiger partial charge is 0.508 e. The summed E-state index contributed by atoms with van der Waals surface area (Å²) in [6.45, 7) is 12.1. The number of aliphatic hydroxyl groups is 1. The predicted octanol–water partition coefficient (Wildman–Crippen LogP) is 6.30. The van der Waals surface area contributed by atoms with Gasteiger partial charge in [0.25, 0.3) is 0 Å². The van der Waals surface area contributed by atoms with Crippen molar-refractivity contribution < 1.29 is 54.8 Å². The number of nitrogens with zero attached hydrogens (tertiary/aromatic N) is 5. The van der Waals surface area contributed by atoms with E-state index in [1.807, 2.05) is 6.92 Å². The number of hydrogen-bond donors (Lipinski definition) is 2. The Morgan fingerprint density at radius 3 is 2.56 bits per heavy atom. The number of rotatable bonds is 10. The summed E-state index contributed by atoms with van der Waals surface area (Å²) < 4.78 is 37.9. The van der Waals surface area contributed by atoms with E-state index in [1.165, 1.54) is 24.4 Å². The zero-order valence-corrected chi connectivity index (χ0v) is 31.1. The fraction of sp³-hybridized carbons (Fsp3) is 0.471. The zero-order chi connectivity index (χ0) is 32.0. The fourth-order valence-electron chi connectivity index (χ4n) is 6.77. The van der Waals surface area contributed by atoms with Gasteiger partial charge in [-0.2, -0.15) is 9.97 Å².